The Morgan fingerprint density at radius 3 is 2.89 bits per heavy atom. The highest BCUT2D eigenvalue weighted by Crippen LogP contribution is 2.09. The van der Waals surface area contributed by atoms with Crippen molar-refractivity contribution in [2.24, 2.45) is 0 Å². The summed E-state index contributed by atoms with van der Waals surface area (Å²) in [5.41, 5.74) is 2.28. The maximum absolute atomic E-state index is 10.8. The minimum Gasteiger partial charge on any atom is -0.478 e. The molecule has 2 rings (SSSR count). The van der Waals surface area contributed by atoms with Crippen LogP contribution in [0.4, 0.5) is 0 Å². The lowest BCUT2D eigenvalue weighted by atomic mass is 10.1. The van der Waals surface area contributed by atoms with Gasteiger partial charge in [-0.3, -0.25) is 9.48 Å². The molecular weight excluding hydrogens is 232 g/mol. The third-order valence-electron chi connectivity index (χ3n) is 2.61. The van der Waals surface area contributed by atoms with Gasteiger partial charge in [0.2, 0.25) is 0 Å². The highest BCUT2D eigenvalue weighted by Gasteiger charge is 2.06. The molecule has 0 aliphatic rings. The molecule has 0 radical (unpaired) electrons. The predicted molar refractivity (Wildman–Crippen MR) is 64.9 cm³/mol. The van der Waals surface area contributed by atoms with Crippen LogP contribution in [-0.4, -0.2) is 27.1 Å². The maximum Gasteiger partial charge on any atom is 0.335 e. The van der Waals surface area contributed by atoms with Gasteiger partial charge in [-0.2, -0.15) is 5.10 Å². The summed E-state index contributed by atoms with van der Waals surface area (Å²) in [7, 11) is 0. The molecule has 0 saturated carbocycles. The lowest BCUT2D eigenvalue weighted by molar-refractivity contribution is 0.0696. The van der Waals surface area contributed by atoms with Gasteiger partial charge in [0.05, 0.1) is 12.1 Å². The average molecular weight is 244 g/mol. The largest absolute Gasteiger partial charge is 0.478 e. The Hall–Kier alpha value is -2.43. The van der Waals surface area contributed by atoms with Gasteiger partial charge in [-0.1, -0.05) is 12.1 Å². The summed E-state index contributed by atoms with van der Waals surface area (Å²) < 4.78 is 1.63. The zero-order chi connectivity index (χ0) is 13.1. The van der Waals surface area contributed by atoms with Crippen molar-refractivity contribution in [1.82, 2.24) is 9.78 Å². The van der Waals surface area contributed by atoms with Crippen LogP contribution in [0, 0.1) is 6.92 Å². The number of hydrogen-bond donors (Lipinski definition) is 1. The number of carboxylic acids is 1. The molecule has 0 unspecified atom stereocenters. The Balaban J connectivity index is 2.25. The van der Waals surface area contributed by atoms with Crippen molar-refractivity contribution in [1.29, 1.82) is 0 Å². The zero-order valence-corrected chi connectivity index (χ0v) is 9.83. The highest BCUT2D eigenvalue weighted by atomic mass is 16.4. The summed E-state index contributed by atoms with van der Waals surface area (Å²) in [4.78, 5) is 21.5. The van der Waals surface area contributed by atoms with Gasteiger partial charge in [-0.15, -0.1) is 0 Å². The fourth-order valence-electron chi connectivity index (χ4n) is 1.72. The van der Waals surface area contributed by atoms with Crippen LogP contribution in [0.15, 0.2) is 30.5 Å². The topological polar surface area (TPSA) is 72.2 Å². The number of benzene rings is 1. The zero-order valence-electron chi connectivity index (χ0n) is 9.83. The second-order valence-electron chi connectivity index (χ2n) is 4.02. The molecule has 5 nitrogen and oxygen atoms in total. The van der Waals surface area contributed by atoms with Crippen LogP contribution >= 0.6 is 0 Å². The van der Waals surface area contributed by atoms with E-state index in [0.29, 0.717) is 18.5 Å². The number of aromatic carboxylic acids is 1. The van der Waals surface area contributed by atoms with Crippen LogP contribution < -0.4 is 0 Å². The van der Waals surface area contributed by atoms with E-state index in [2.05, 4.69) is 5.10 Å². The molecule has 0 spiro atoms. The van der Waals surface area contributed by atoms with Crippen molar-refractivity contribution < 1.29 is 14.7 Å². The summed E-state index contributed by atoms with van der Waals surface area (Å²) in [6.45, 7) is 2.25. The van der Waals surface area contributed by atoms with E-state index in [9.17, 15) is 9.59 Å². The first-order valence-corrected chi connectivity index (χ1v) is 5.41. The maximum atomic E-state index is 10.8. The average Bonchev–Trinajstić information content (AvgIpc) is 2.69. The molecule has 18 heavy (non-hydrogen) atoms. The van der Waals surface area contributed by atoms with E-state index in [1.54, 1.807) is 29.9 Å². The molecule has 0 saturated heterocycles. The number of carboxylic acid groups (broad SMARTS) is 1. The molecule has 1 aromatic heterocycles. The van der Waals surface area contributed by atoms with E-state index >= 15 is 0 Å². The number of nitrogens with zero attached hydrogens (tertiary/aromatic N) is 2. The Labute approximate surface area is 104 Å². The monoisotopic (exact) mass is 244 g/mol. The fourth-order valence-corrected chi connectivity index (χ4v) is 1.72. The summed E-state index contributed by atoms with van der Waals surface area (Å²) in [6.07, 6.45) is 2.47. The Morgan fingerprint density at radius 2 is 2.28 bits per heavy atom. The molecule has 0 aliphatic heterocycles. The minimum absolute atomic E-state index is 0.243. The Kier molecular flexibility index (Phi) is 3.23. The molecule has 5 heteroatoms. The Morgan fingerprint density at radius 1 is 1.50 bits per heavy atom. The molecule has 92 valence electrons. The van der Waals surface area contributed by atoms with Crippen LogP contribution in [0.25, 0.3) is 0 Å². The van der Waals surface area contributed by atoms with Gasteiger partial charge >= 0.3 is 5.97 Å². The van der Waals surface area contributed by atoms with Gasteiger partial charge < -0.3 is 5.11 Å². The number of carbonyl (C=O) groups excluding carboxylic acids is 1. The van der Waals surface area contributed by atoms with Crippen molar-refractivity contribution in [2.75, 3.05) is 0 Å². The number of rotatable bonds is 4. The molecule has 0 amide bonds. The number of aryl methyl sites for hydroxylation is 1. The van der Waals surface area contributed by atoms with E-state index in [1.165, 1.54) is 6.07 Å². The summed E-state index contributed by atoms with van der Waals surface area (Å²) in [5, 5.41) is 13.0. The van der Waals surface area contributed by atoms with Crippen molar-refractivity contribution in [3.63, 3.8) is 0 Å². The van der Waals surface area contributed by atoms with Gasteiger partial charge in [0, 0.05) is 6.20 Å². The molecule has 0 bridgehead atoms. The highest BCUT2D eigenvalue weighted by molar-refractivity contribution is 5.87. The molecule has 1 aromatic carbocycles. The van der Waals surface area contributed by atoms with Gasteiger partial charge in [0.25, 0.3) is 0 Å². The molecule has 0 aliphatic carbocycles. The number of hydrogen-bond acceptors (Lipinski definition) is 3. The normalized spacial score (nSPS) is 10.3. The van der Waals surface area contributed by atoms with Crippen LogP contribution in [0.1, 0.15) is 32.0 Å². The standard InChI is InChI=1S/C13H12N2O3/c1-9-6-15(14-12(9)8-16)7-10-3-2-4-11(5-10)13(17)18/h2-6,8H,7H2,1H3,(H,17,18). The third kappa shape index (κ3) is 2.45. The van der Waals surface area contributed by atoms with E-state index in [0.717, 1.165) is 11.1 Å². The van der Waals surface area contributed by atoms with E-state index in [4.69, 9.17) is 5.11 Å². The molecule has 0 fully saturated rings. The molecule has 0 atom stereocenters. The second kappa shape index (κ2) is 4.83. The summed E-state index contributed by atoms with van der Waals surface area (Å²) >= 11 is 0. The second-order valence-corrected chi connectivity index (χ2v) is 4.02. The van der Waals surface area contributed by atoms with Crippen LogP contribution in [0.5, 0.6) is 0 Å². The molecule has 1 heterocycles. The van der Waals surface area contributed by atoms with Crippen molar-refractivity contribution in [3.05, 3.63) is 52.8 Å². The van der Waals surface area contributed by atoms with Crippen LogP contribution in [0.3, 0.4) is 0 Å². The molecular formula is C13H12N2O3. The minimum atomic E-state index is -0.956. The summed E-state index contributed by atoms with van der Waals surface area (Å²) in [6, 6.07) is 6.65. The number of aldehydes is 1. The predicted octanol–water partition coefficient (Wildman–Crippen LogP) is 1.75. The fraction of sp³-hybridized carbons (Fsp3) is 0.154. The lowest BCUT2D eigenvalue weighted by Gasteiger charge is -2.03. The van der Waals surface area contributed by atoms with Gasteiger partial charge in [0.1, 0.15) is 5.69 Å². The SMILES string of the molecule is Cc1cn(Cc2cccc(C(=O)O)c2)nc1C=O. The summed E-state index contributed by atoms with van der Waals surface area (Å²) in [5.74, 6) is -0.956. The Bertz CT molecular complexity index is 602. The lowest BCUT2D eigenvalue weighted by Crippen LogP contribution is -2.03. The van der Waals surface area contributed by atoms with Gasteiger partial charge in [-0.05, 0) is 30.2 Å². The van der Waals surface area contributed by atoms with E-state index < -0.39 is 5.97 Å². The smallest absolute Gasteiger partial charge is 0.335 e. The van der Waals surface area contributed by atoms with Crippen LogP contribution in [0.2, 0.25) is 0 Å². The first kappa shape index (κ1) is 12.0. The van der Waals surface area contributed by atoms with E-state index in [1.807, 2.05) is 6.07 Å². The van der Waals surface area contributed by atoms with Crippen molar-refractivity contribution in [2.45, 2.75) is 13.5 Å². The van der Waals surface area contributed by atoms with Crippen molar-refractivity contribution in [3.8, 4) is 0 Å². The quantitative estimate of drug-likeness (QED) is 0.831. The first-order valence-electron chi connectivity index (χ1n) is 5.41. The van der Waals surface area contributed by atoms with Crippen molar-refractivity contribution >= 4 is 12.3 Å². The number of carbonyl (C=O) groups is 2. The first-order chi connectivity index (χ1) is 8.60. The third-order valence-corrected chi connectivity index (χ3v) is 2.61. The molecule has 1 N–H and O–H groups in total. The number of aromatic nitrogens is 2. The van der Waals surface area contributed by atoms with Gasteiger partial charge in [-0.25, -0.2) is 4.79 Å². The van der Waals surface area contributed by atoms with Gasteiger partial charge in [0.15, 0.2) is 6.29 Å². The molecule has 2 aromatic rings. The van der Waals surface area contributed by atoms with E-state index in [-0.39, 0.29) is 5.56 Å². The van der Waals surface area contributed by atoms with Crippen LogP contribution in [-0.2, 0) is 6.54 Å².